The van der Waals surface area contributed by atoms with Crippen molar-refractivity contribution in [3.8, 4) is 0 Å². The summed E-state index contributed by atoms with van der Waals surface area (Å²) in [5, 5.41) is 12.1. The van der Waals surface area contributed by atoms with Crippen molar-refractivity contribution >= 4 is 0 Å². The molecule has 0 radical (unpaired) electrons. The molecule has 2 fully saturated rings. The Hall–Kier alpha value is -0.120. The molecular weight excluding hydrogens is 118 g/mol. The van der Waals surface area contributed by atoms with Crippen molar-refractivity contribution in [2.45, 2.75) is 31.3 Å². The van der Waals surface area contributed by atoms with Gasteiger partial charge < -0.3 is 15.2 Å². The molecule has 0 aliphatic carbocycles. The Morgan fingerprint density at radius 3 is 2.78 bits per heavy atom. The molecule has 2 heterocycles. The van der Waals surface area contributed by atoms with E-state index in [0.717, 1.165) is 13.0 Å². The van der Waals surface area contributed by atoms with Crippen LogP contribution in [0, 0.1) is 0 Å². The van der Waals surface area contributed by atoms with Crippen LogP contribution in [0.25, 0.3) is 0 Å². The van der Waals surface area contributed by atoms with Crippen molar-refractivity contribution in [1.29, 1.82) is 0 Å². The lowest BCUT2D eigenvalue weighted by Crippen LogP contribution is -2.28. The Labute approximate surface area is 54.0 Å². The summed E-state index contributed by atoms with van der Waals surface area (Å²) >= 11 is 0. The topological polar surface area (TPSA) is 44.8 Å². The van der Waals surface area contributed by atoms with E-state index in [1.807, 2.05) is 0 Å². The number of ether oxygens (including phenoxy) is 1. The molecule has 2 unspecified atom stereocenters. The van der Waals surface area contributed by atoms with E-state index in [1.54, 1.807) is 0 Å². The number of nitrogens with one attached hydrogen (secondary N) is 1. The van der Waals surface area contributed by atoms with Gasteiger partial charge in [0.05, 0.1) is 0 Å². The molecule has 0 aromatic carbocycles. The fourth-order valence-corrected chi connectivity index (χ4v) is 1.40. The predicted molar refractivity (Wildman–Crippen MR) is 31.9 cm³/mol. The Balaban J connectivity index is 1.85. The maximum atomic E-state index is 8.82. The summed E-state index contributed by atoms with van der Waals surface area (Å²) in [6.45, 7) is 1.08. The molecule has 3 nitrogen and oxygen atoms in total. The average Bonchev–Trinajstić information content (AvgIpc) is 2.44. The minimum atomic E-state index is -0.472. The summed E-state index contributed by atoms with van der Waals surface area (Å²) in [7, 11) is 0. The molecule has 2 saturated heterocycles. The van der Waals surface area contributed by atoms with Crippen molar-refractivity contribution in [3.05, 3.63) is 0 Å². The molecule has 0 amide bonds. The Morgan fingerprint density at radius 2 is 2.33 bits per heavy atom. The van der Waals surface area contributed by atoms with Crippen LogP contribution >= 0.6 is 0 Å². The maximum Gasteiger partial charge on any atom is 0.183 e. The summed E-state index contributed by atoms with van der Waals surface area (Å²) in [6.07, 6.45) is 2.01. The van der Waals surface area contributed by atoms with Gasteiger partial charge in [0, 0.05) is 6.04 Å². The highest BCUT2D eigenvalue weighted by molar-refractivity contribution is 4.91. The Morgan fingerprint density at radius 1 is 1.56 bits per heavy atom. The highest BCUT2D eigenvalue weighted by atomic mass is 16.7. The van der Waals surface area contributed by atoms with Gasteiger partial charge in [-0.15, -0.1) is 0 Å². The number of aliphatic hydroxyl groups excluding tert-OH is 1. The number of rotatable bonds is 1. The third-order valence-corrected chi connectivity index (χ3v) is 2.00. The first-order valence-electron chi connectivity index (χ1n) is 3.45. The molecule has 0 saturated carbocycles. The minimum absolute atomic E-state index is 0.104. The smallest absolute Gasteiger partial charge is 0.183 e. The second kappa shape index (κ2) is 1.94. The molecule has 3 heteroatoms. The van der Waals surface area contributed by atoms with Crippen molar-refractivity contribution in [3.63, 3.8) is 0 Å². The molecule has 0 spiro atoms. The van der Waals surface area contributed by atoms with Crippen LogP contribution < -0.4 is 5.32 Å². The van der Waals surface area contributed by atoms with E-state index in [-0.39, 0.29) is 6.10 Å². The van der Waals surface area contributed by atoms with Gasteiger partial charge in [-0.3, -0.25) is 0 Å². The first-order valence-corrected chi connectivity index (χ1v) is 3.45. The van der Waals surface area contributed by atoms with E-state index in [0.29, 0.717) is 6.04 Å². The zero-order chi connectivity index (χ0) is 6.27. The number of epoxide rings is 1. The van der Waals surface area contributed by atoms with Gasteiger partial charge in [-0.25, -0.2) is 0 Å². The van der Waals surface area contributed by atoms with E-state index in [4.69, 9.17) is 9.84 Å². The largest absolute Gasteiger partial charge is 0.366 e. The van der Waals surface area contributed by atoms with Gasteiger partial charge in [-0.05, 0) is 19.4 Å². The van der Waals surface area contributed by atoms with Gasteiger partial charge in [0.15, 0.2) is 6.29 Å². The summed E-state index contributed by atoms with van der Waals surface area (Å²) in [4.78, 5) is 0. The van der Waals surface area contributed by atoms with E-state index in [2.05, 4.69) is 5.32 Å². The molecule has 2 N–H and O–H groups in total. The molecule has 2 aliphatic rings. The molecule has 0 bridgehead atoms. The zero-order valence-corrected chi connectivity index (χ0v) is 5.21. The first kappa shape index (κ1) is 5.65. The molecule has 3 atom stereocenters. The van der Waals surface area contributed by atoms with Crippen LogP contribution in [-0.4, -0.2) is 30.1 Å². The van der Waals surface area contributed by atoms with E-state index in [9.17, 15) is 0 Å². The first-order chi connectivity index (χ1) is 4.38. The van der Waals surface area contributed by atoms with Gasteiger partial charge >= 0.3 is 0 Å². The number of aliphatic hydroxyl groups is 1. The van der Waals surface area contributed by atoms with Crippen LogP contribution in [0.1, 0.15) is 12.8 Å². The Kier molecular flexibility index (Phi) is 1.22. The van der Waals surface area contributed by atoms with Crippen molar-refractivity contribution in [2.75, 3.05) is 6.54 Å². The standard InChI is InChI=1S/C6H11NO2/c8-6-5(9-6)4-2-1-3-7-4/h4-8H,1-3H2/t4-,5?,6?/m0/s1. The van der Waals surface area contributed by atoms with E-state index in [1.165, 1.54) is 6.42 Å². The van der Waals surface area contributed by atoms with Gasteiger partial charge in [-0.1, -0.05) is 0 Å². The lowest BCUT2D eigenvalue weighted by atomic mass is 10.2. The van der Waals surface area contributed by atoms with Crippen LogP contribution in [0.4, 0.5) is 0 Å². The average molecular weight is 129 g/mol. The van der Waals surface area contributed by atoms with Gasteiger partial charge in [-0.2, -0.15) is 0 Å². The normalized spacial score (nSPS) is 49.7. The van der Waals surface area contributed by atoms with Crippen LogP contribution in [0.5, 0.6) is 0 Å². The van der Waals surface area contributed by atoms with Crippen molar-refractivity contribution in [2.24, 2.45) is 0 Å². The van der Waals surface area contributed by atoms with Crippen LogP contribution in [-0.2, 0) is 4.74 Å². The maximum absolute atomic E-state index is 8.82. The van der Waals surface area contributed by atoms with E-state index >= 15 is 0 Å². The number of hydrogen-bond acceptors (Lipinski definition) is 3. The molecule has 2 rings (SSSR count). The zero-order valence-electron chi connectivity index (χ0n) is 5.21. The van der Waals surface area contributed by atoms with Crippen LogP contribution in [0.2, 0.25) is 0 Å². The lowest BCUT2D eigenvalue weighted by molar-refractivity contribution is 0.155. The predicted octanol–water partition coefficient (Wildman–Crippen LogP) is -0.544. The quantitative estimate of drug-likeness (QED) is 0.467. The molecule has 0 aromatic rings. The lowest BCUT2D eigenvalue weighted by Gasteiger charge is -2.02. The summed E-state index contributed by atoms with van der Waals surface area (Å²) in [5.41, 5.74) is 0. The monoisotopic (exact) mass is 129 g/mol. The van der Waals surface area contributed by atoms with Crippen molar-refractivity contribution in [1.82, 2.24) is 5.32 Å². The van der Waals surface area contributed by atoms with Gasteiger partial charge in [0.2, 0.25) is 0 Å². The molecule has 0 aromatic heterocycles. The van der Waals surface area contributed by atoms with Crippen LogP contribution in [0.3, 0.4) is 0 Å². The molecular formula is C6H11NO2. The van der Waals surface area contributed by atoms with Crippen molar-refractivity contribution < 1.29 is 9.84 Å². The summed E-state index contributed by atoms with van der Waals surface area (Å²) in [6, 6.07) is 0.431. The molecule has 2 aliphatic heterocycles. The van der Waals surface area contributed by atoms with Crippen LogP contribution in [0.15, 0.2) is 0 Å². The van der Waals surface area contributed by atoms with Gasteiger partial charge in [0.25, 0.3) is 0 Å². The second-order valence-corrected chi connectivity index (χ2v) is 2.69. The van der Waals surface area contributed by atoms with E-state index < -0.39 is 6.29 Å². The summed E-state index contributed by atoms with van der Waals surface area (Å²) < 4.78 is 4.89. The van der Waals surface area contributed by atoms with Gasteiger partial charge in [0.1, 0.15) is 6.10 Å². The second-order valence-electron chi connectivity index (χ2n) is 2.69. The fraction of sp³-hybridized carbons (Fsp3) is 1.00. The molecule has 9 heavy (non-hydrogen) atoms. The fourth-order valence-electron chi connectivity index (χ4n) is 1.40. The SMILES string of the molecule is OC1OC1[C@@H]1CCCN1. The highest BCUT2D eigenvalue weighted by Gasteiger charge is 2.44. The third kappa shape index (κ3) is 0.956. The Bertz CT molecular complexity index is 112. The number of hydrogen-bond donors (Lipinski definition) is 2. The highest BCUT2D eigenvalue weighted by Crippen LogP contribution is 2.26. The summed E-state index contributed by atoms with van der Waals surface area (Å²) in [5.74, 6) is 0. The minimum Gasteiger partial charge on any atom is -0.366 e. The third-order valence-electron chi connectivity index (χ3n) is 2.00. The molecule has 52 valence electrons.